The van der Waals surface area contributed by atoms with Gasteiger partial charge in [-0.25, -0.2) is 0 Å². The monoisotopic (exact) mass is 423 g/mol. The van der Waals surface area contributed by atoms with Crippen molar-refractivity contribution >= 4 is 51.3 Å². The molecule has 4 rings (SSSR count). The van der Waals surface area contributed by atoms with Crippen LogP contribution in [0.5, 0.6) is 0 Å². The van der Waals surface area contributed by atoms with Gasteiger partial charge in [-0.3, -0.25) is 15.0 Å². The molecule has 0 aromatic heterocycles. The Bertz CT molecular complexity index is 1050. The molecule has 3 aromatic carbocycles. The molecule has 0 atom stereocenters. The molecule has 1 aliphatic heterocycles. The predicted octanol–water partition coefficient (Wildman–Crippen LogP) is 5.22. The zero-order chi connectivity index (χ0) is 20.2. The Labute approximate surface area is 180 Å². The first-order valence-corrected chi connectivity index (χ1v) is 10.5. The molecule has 1 aliphatic rings. The van der Waals surface area contributed by atoms with E-state index in [4.69, 9.17) is 23.8 Å². The number of hydrogen-bond acceptors (Lipinski definition) is 3. The lowest BCUT2D eigenvalue weighted by atomic mass is 10.0. The number of carbonyl (C=O) groups is 1. The van der Waals surface area contributed by atoms with Crippen LogP contribution in [0.1, 0.15) is 28.8 Å². The summed E-state index contributed by atoms with van der Waals surface area (Å²) in [6, 6.07) is 19.2. The molecular weight excluding hydrogens is 402 g/mol. The van der Waals surface area contributed by atoms with Crippen LogP contribution in [0, 0.1) is 0 Å². The van der Waals surface area contributed by atoms with Gasteiger partial charge in [0.15, 0.2) is 5.11 Å². The van der Waals surface area contributed by atoms with Gasteiger partial charge in [0.05, 0.1) is 0 Å². The first-order valence-electron chi connectivity index (χ1n) is 9.71. The van der Waals surface area contributed by atoms with Gasteiger partial charge < -0.3 is 5.32 Å². The number of likely N-dealkylation sites (tertiary alicyclic amines) is 1. The van der Waals surface area contributed by atoms with Crippen LogP contribution in [0.15, 0.2) is 60.7 Å². The minimum absolute atomic E-state index is 0.263. The van der Waals surface area contributed by atoms with Crippen molar-refractivity contribution in [2.24, 2.45) is 0 Å². The fourth-order valence-corrected chi connectivity index (χ4v) is 4.14. The maximum Gasteiger partial charge on any atom is 0.258 e. The van der Waals surface area contributed by atoms with E-state index in [9.17, 15) is 4.79 Å². The van der Waals surface area contributed by atoms with Gasteiger partial charge in [-0.1, -0.05) is 48.0 Å². The number of nitrogens with one attached hydrogen (secondary N) is 2. The van der Waals surface area contributed by atoms with Crippen LogP contribution in [-0.2, 0) is 6.54 Å². The van der Waals surface area contributed by atoms with Crippen LogP contribution in [0.25, 0.3) is 10.8 Å². The molecule has 0 unspecified atom stereocenters. The molecule has 1 saturated heterocycles. The van der Waals surface area contributed by atoms with Gasteiger partial charge in [0.1, 0.15) is 0 Å². The smallest absolute Gasteiger partial charge is 0.258 e. The molecule has 0 bridgehead atoms. The summed E-state index contributed by atoms with van der Waals surface area (Å²) in [4.78, 5) is 15.2. The van der Waals surface area contributed by atoms with Crippen LogP contribution in [0.2, 0.25) is 5.02 Å². The highest BCUT2D eigenvalue weighted by atomic mass is 35.5. The normalized spacial score (nSPS) is 14.1. The molecule has 3 aromatic rings. The molecular formula is C23H22ClN3OS. The highest BCUT2D eigenvalue weighted by Gasteiger charge is 2.13. The maximum absolute atomic E-state index is 12.7. The highest BCUT2D eigenvalue weighted by Crippen LogP contribution is 2.26. The minimum atomic E-state index is -0.263. The Balaban J connectivity index is 1.39. The number of benzene rings is 3. The zero-order valence-electron chi connectivity index (χ0n) is 16.0. The summed E-state index contributed by atoms with van der Waals surface area (Å²) < 4.78 is 0. The zero-order valence-corrected chi connectivity index (χ0v) is 17.5. The number of hydrogen-bond donors (Lipinski definition) is 2. The van der Waals surface area contributed by atoms with Gasteiger partial charge in [0.25, 0.3) is 5.91 Å². The van der Waals surface area contributed by atoms with Gasteiger partial charge >= 0.3 is 0 Å². The Hall–Kier alpha value is -2.47. The summed E-state index contributed by atoms with van der Waals surface area (Å²) in [5, 5.41) is 8.36. The third-order valence-electron chi connectivity index (χ3n) is 5.16. The van der Waals surface area contributed by atoms with Crippen molar-refractivity contribution in [1.29, 1.82) is 0 Å². The molecule has 6 heteroatoms. The lowest BCUT2D eigenvalue weighted by Crippen LogP contribution is -2.34. The van der Waals surface area contributed by atoms with E-state index in [-0.39, 0.29) is 11.0 Å². The van der Waals surface area contributed by atoms with E-state index < -0.39 is 0 Å². The van der Waals surface area contributed by atoms with Crippen LogP contribution < -0.4 is 10.6 Å². The number of anilines is 1. The first-order chi connectivity index (χ1) is 14.1. The summed E-state index contributed by atoms with van der Waals surface area (Å²) >= 11 is 11.6. The second-order valence-electron chi connectivity index (χ2n) is 7.23. The average Bonchev–Trinajstić information content (AvgIpc) is 3.22. The number of rotatable bonds is 4. The van der Waals surface area contributed by atoms with Crippen molar-refractivity contribution in [3.8, 4) is 0 Å². The highest BCUT2D eigenvalue weighted by molar-refractivity contribution is 7.80. The number of thiocarbonyl (C=S) groups is 1. The molecule has 0 radical (unpaired) electrons. The molecule has 0 spiro atoms. The molecule has 4 nitrogen and oxygen atoms in total. The van der Waals surface area contributed by atoms with Crippen molar-refractivity contribution in [3.63, 3.8) is 0 Å². The van der Waals surface area contributed by atoms with E-state index >= 15 is 0 Å². The van der Waals surface area contributed by atoms with Gasteiger partial charge in [0, 0.05) is 28.2 Å². The number of fused-ring (bicyclic) bond motifs is 1. The molecule has 0 saturated carbocycles. The van der Waals surface area contributed by atoms with Crippen molar-refractivity contribution in [2.45, 2.75) is 19.4 Å². The molecule has 0 aliphatic carbocycles. The topological polar surface area (TPSA) is 44.4 Å². The maximum atomic E-state index is 12.7. The van der Waals surface area contributed by atoms with Crippen molar-refractivity contribution in [1.82, 2.24) is 10.2 Å². The summed E-state index contributed by atoms with van der Waals surface area (Å²) in [6.45, 7) is 3.33. The van der Waals surface area contributed by atoms with Gasteiger partial charge in [-0.15, -0.1) is 0 Å². The van der Waals surface area contributed by atoms with Gasteiger partial charge in [-0.2, -0.15) is 0 Å². The van der Waals surface area contributed by atoms with E-state index in [2.05, 4.69) is 27.7 Å². The number of carbonyl (C=O) groups excluding carboxylic acids is 1. The lowest BCUT2D eigenvalue weighted by molar-refractivity contribution is 0.0979. The van der Waals surface area contributed by atoms with E-state index in [0.29, 0.717) is 10.6 Å². The predicted molar refractivity (Wildman–Crippen MR) is 124 cm³/mol. The van der Waals surface area contributed by atoms with Crippen LogP contribution in [0.3, 0.4) is 0 Å². The molecule has 29 heavy (non-hydrogen) atoms. The largest absolute Gasteiger partial charge is 0.332 e. The van der Waals surface area contributed by atoms with Crippen molar-refractivity contribution in [2.75, 3.05) is 18.4 Å². The molecule has 1 heterocycles. The standard InChI is InChI=1S/C23H22ClN3OS/c24-21-8-4-5-18-19(21)6-3-7-20(18)22(28)26-23(29)25-17-11-9-16(10-12-17)15-27-13-1-2-14-27/h3-12H,1-2,13-15H2,(H2,25,26,28,29). The Kier molecular flexibility index (Phi) is 6.09. The fraction of sp³-hybridized carbons (Fsp3) is 0.217. The summed E-state index contributed by atoms with van der Waals surface area (Å²) in [5.74, 6) is -0.263. The summed E-state index contributed by atoms with van der Waals surface area (Å²) in [5.41, 5.74) is 2.66. The number of halogens is 1. The fourth-order valence-electron chi connectivity index (χ4n) is 3.69. The Morgan fingerprint density at radius 2 is 1.66 bits per heavy atom. The molecule has 148 valence electrons. The van der Waals surface area contributed by atoms with Crippen LogP contribution in [-0.4, -0.2) is 29.0 Å². The van der Waals surface area contributed by atoms with Gasteiger partial charge in [0.2, 0.25) is 0 Å². The third-order valence-corrected chi connectivity index (χ3v) is 5.69. The third kappa shape index (κ3) is 4.75. The number of nitrogens with zero attached hydrogens (tertiary/aromatic N) is 1. The number of amides is 1. The van der Waals surface area contributed by atoms with Gasteiger partial charge in [-0.05, 0) is 73.4 Å². The quantitative estimate of drug-likeness (QED) is 0.565. The second-order valence-corrected chi connectivity index (χ2v) is 8.04. The molecule has 1 amide bonds. The SMILES string of the molecule is O=C(NC(=S)Nc1ccc(CN2CCCC2)cc1)c1cccc2c(Cl)cccc12. The average molecular weight is 424 g/mol. The van der Waals surface area contributed by atoms with E-state index in [1.54, 1.807) is 6.07 Å². The van der Waals surface area contributed by atoms with Crippen LogP contribution >= 0.6 is 23.8 Å². The minimum Gasteiger partial charge on any atom is -0.332 e. The van der Waals surface area contributed by atoms with E-state index in [0.717, 1.165) is 23.0 Å². The second kappa shape index (κ2) is 8.91. The van der Waals surface area contributed by atoms with Crippen LogP contribution in [0.4, 0.5) is 5.69 Å². The van der Waals surface area contributed by atoms with Crippen molar-refractivity contribution in [3.05, 3.63) is 76.8 Å². The van der Waals surface area contributed by atoms with E-state index in [1.807, 2.05) is 42.5 Å². The molecule has 2 N–H and O–H groups in total. The molecule has 1 fully saturated rings. The lowest BCUT2D eigenvalue weighted by Gasteiger charge is -2.15. The summed E-state index contributed by atoms with van der Waals surface area (Å²) in [6.07, 6.45) is 2.58. The first kappa shape index (κ1) is 19.8. The van der Waals surface area contributed by atoms with E-state index in [1.165, 1.54) is 31.5 Å². The Morgan fingerprint density at radius 3 is 2.41 bits per heavy atom. The summed E-state index contributed by atoms with van der Waals surface area (Å²) in [7, 11) is 0. The Morgan fingerprint density at radius 1 is 0.966 bits per heavy atom. The van der Waals surface area contributed by atoms with Crippen molar-refractivity contribution < 1.29 is 4.79 Å².